The third-order valence-corrected chi connectivity index (χ3v) is 5.51. The highest BCUT2D eigenvalue weighted by molar-refractivity contribution is 5.81. The lowest BCUT2D eigenvalue weighted by Gasteiger charge is -2.35. The summed E-state index contributed by atoms with van der Waals surface area (Å²) in [5.74, 6) is -0.288. The second-order valence-electron chi connectivity index (χ2n) is 7.49. The van der Waals surface area contributed by atoms with Gasteiger partial charge in [0.2, 0.25) is 5.91 Å². The molecular formula is C22H26N2O3. The third kappa shape index (κ3) is 4.38. The van der Waals surface area contributed by atoms with Crippen molar-refractivity contribution in [3.63, 3.8) is 0 Å². The Balaban J connectivity index is 1.30. The van der Waals surface area contributed by atoms with E-state index in [0.717, 1.165) is 25.1 Å². The SMILES string of the molecule is O=C(N[C@@H]1C[C@H]2CO[C@@H](c3ccccc3)CN2C1)[C@@H](O)Cc1ccccc1. The summed E-state index contributed by atoms with van der Waals surface area (Å²) in [5.41, 5.74) is 2.16. The second-order valence-corrected chi connectivity index (χ2v) is 7.49. The lowest BCUT2D eigenvalue weighted by Crippen LogP contribution is -2.44. The molecule has 2 aromatic carbocycles. The topological polar surface area (TPSA) is 61.8 Å². The van der Waals surface area contributed by atoms with Crippen LogP contribution in [-0.2, 0) is 16.0 Å². The van der Waals surface area contributed by atoms with Gasteiger partial charge in [-0.2, -0.15) is 0 Å². The molecule has 1 amide bonds. The first-order chi connectivity index (χ1) is 13.2. The maximum atomic E-state index is 12.4. The number of hydrogen-bond acceptors (Lipinski definition) is 4. The first-order valence-corrected chi connectivity index (χ1v) is 9.62. The van der Waals surface area contributed by atoms with Crippen LogP contribution in [0.3, 0.4) is 0 Å². The van der Waals surface area contributed by atoms with E-state index in [1.54, 1.807) is 0 Å². The Hall–Kier alpha value is -2.21. The predicted octanol–water partition coefficient (Wildman–Crippen LogP) is 1.92. The van der Waals surface area contributed by atoms with Crippen LogP contribution in [0.1, 0.15) is 23.7 Å². The summed E-state index contributed by atoms with van der Waals surface area (Å²) in [6, 6.07) is 20.3. The predicted molar refractivity (Wildman–Crippen MR) is 103 cm³/mol. The van der Waals surface area contributed by atoms with Gasteiger partial charge in [-0.15, -0.1) is 0 Å². The van der Waals surface area contributed by atoms with Crippen molar-refractivity contribution in [2.75, 3.05) is 19.7 Å². The number of benzene rings is 2. The summed E-state index contributed by atoms with van der Waals surface area (Å²) >= 11 is 0. The fourth-order valence-corrected chi connectivity index (χ4v) is 4.08. The van der Waals surface area contributed by atoms with Crippen molar-refractivity contribution in [3.8, 4) is 0 Å². The molecule has 4 rings (SSSR count). The van der Waals surface area contributed by atoms with Gasteiger partial charge in [0, 0.05) is 31.6 Å². The van der Waals surface area contributed by atoms with E-state index in [0.29, 0.717) is 19.1 Å². The van der Waals surface area contributed by atoms with Crippen molar-refractivity contribution in [2.24, 2.45) is 0 Å². The van der Waals surface area contributed by atoms with E-state index in [9.17, 15) is 9.90 Å². The third-order valence-electron chi connectivity index (χ3n) is 5.51. The van der Waals surface area contributed by atoms with Gasteiger partial charge in [-0.05, 0) is 17.5 Å². The van der Waals surface area contributed by atoms with Crippen LogP contribution < -0.4 is 5.32 Å². The number of carbonyl (C=O) groups excluding carboxylic acids is 1. The minimum atomic E-state index is -1.02. The van der Waals surface area contributed by atoms with Crippen LogP contribution in [0, 0.1) is 0 Å². The van der Waals surface area contributed by atoms with Gasteiger partial charge in [-0.1, -0.05) is 60.7 Å². The minimum Gasteiger partial charge on any atom is -0.383 e. The Morgan fingerprint density at radius 3 is 2.56 bits per heavy atom. The molecule has 2 heterocycles. The Kier molecular flexibility index (Phi) is 5.53. The molecule has 142 valence electrons. The number of aliphatic hydroxyl groups is 1. The van der Waals surface area contributed by atoms with Gasteiger partial charge in [0.1, 0.15) is 6.10 Å². The summed E-state index contributed by atoms with van der Waals surface area (Å²) < 4.78 is 6.05. The van der Waals surface area contributed by atoms with Gasteiger partial charge in [0.15, 0.2) is 0 Å². The molecule has 27 heavy (non-hydrogen) atoms. The quantitative estimate of drug-likeness (QED) is 0.849. The average molecular weight is 366 g/mol. The lowest BCUT2D eigenvalue weighted by atomic mass is 10.1. The van der Waals surface area contributed by atoms with Crippen molar-refractivity contribution in [1.29, 1.82) is 0 Å². The van der Waals surface area contributed by atoms with Gasteiger partial charge >= 0.3 is 0 Å². The Morgan fingerprint density at radius 2 is 1.81 bits per heavy atom. The molecular weight excluding hydrogens is 340 g/mol. The number of aliphatic hydroxyl groups excluding tert-OH is 1. The van der Waals surface area contributed by atoms with Crippen LogP contribution in [-0.4, -0.2) is 53.8 Å². The van der Waals surface area contributed by atoms with Crippen LogP contribution in [0.5, 0.6) is 0 Å². The number of nitrogens with zero attached hydrogens (tertiary/aromatic N) is 1. The molecule has 5 nitrogen and oxygen atoms in total. The zero-order valence-corrected chi connectivity index (χ0v) is 15.3. The van der Waals surface area contributed by atoms with Gasteiger partial charge in [0.05, 0.1) is 12.7 Å². The number of nitrogens with one attached hydrogen (secondary N) is 1. The summed E-state index contributed by atoms with van der Waals surface area (Å²) in [6.45, 7) is 2.33. The Morgan fingerprint density at radius 1 is 1.11 bits per heavy atom. The highest BCUT2D eigenvalue weighted by atomic mass is 16.5. The van der Waals surface area contributed by atoms with Crippen LogP contribution in [0.25, 0.3) is 0 Å². The molecule has 4 atom stereocenters. The summed E-state index contributed by atoms with van der Waals surface area (Å²) in [7, 11) is 0. The molecule has 2 N–H and O–H groups in total. The van der Waals surface area contributed by atoms with Crippen molar-refractivity contribution in [2.45, 2.75) is 37.1 Å². The van der Waals surface area contributed by atoms with Gasteiger partial charge in [0.25, 0.3) is 0 Å². The first kappa shape index (κ1) is 18.2. The number of hydrogen-bond donors (Lipinski definition) is 2. The largest absolute Gasteiger partial charge is 0.383 e. The zero-order valence-electron chi connectivity index (χ0n) is 15.3. The normalized spacial score (nSPS) is 26.3. The smallest absolute Gasteiger partial charge is 0.249 e. The summed E-state index contributed by atoms with van der Waals surface area (Å²) in [6.07, 6.45) is 0.274. The average Bonchev–Trinajstić information content (AvgIpc) is 3.10. The fourth-order valence-electron chi connectivity index (χ4n) is 4.08. The molecule has 0 bridgehead atoms. The monoisotopic (exact) mass is 366 g/mol. The van der Waals surface area contributed by atoms with Crippen LogP contribution >= 0.6 is 0 Å². The highest BCUT2D eigenvalue weighted by Gasteiger charge is 2.38. The van der Waals surface area contributed by atoms with Gasteiger partial charge < -0.3 is 15.2 Å². The molecule has 2 fully saturated rings. The van der Waals surface area contributed by atoms with Crippen molar-refractivity contribution < 1.29 is 14.6 Å². The molecule has 2 aliphatic heterocycles. The van der Waals surface area contributed by atoms with Crippen molar-refractivity contribution in [1.82, 2.24) is 10.2 Å². The molecule has 0 saturated carbocycles. The number of rotatable bonds is 5. The number of morpholine rings is 1. The molecule has 0 aliphatic carbocycles. The maximum Gasteiger partial charge on any atom is 0.249 e. The van der Waals surface area contributed by atoms with E-state index in [-0.39, 0.29) is 18.1 Å². The van der Waals surface area contributed by atoms with E-state index in [2.05, 4.69) is 22.3 Å². The van der Waals surface area contributed by atoms with Gasteiger partial charge in [-0.25, -0.2) is 0 Å². The molecule has 0 spiro atoms. The van der Waals surface area contributed by atoms with Crippen LogP contribution in [0.2, 0.25) is 0 Å². The molecule has 2 aromatic rings. The maximum absolute atomic E-state index is 12.4. The zero-order chi connectivity index (χ0) is 18.6. The summed E-state index contributed by atoms with van der Waals surface area (Å²) in [4.78, 5) is 14.8. The van der Waals surface area contributed by atoms with Crippen molar-refractivity contribution in [3.05, 3.63) is 71.8 Å². The van der Waals surface area contributed by atoms with E-state index >= 15 is 0 Å². The Labute approximate surface area is 160 Å². The molecule has 0 radical (unpaired) electrons. The second kappa shape index (κ2) is 8.21. The van der Waals surface area contributed by atoms with E-state index < -0.39 is 6.10 Å². The molecule has 2 saturated heterocycles. The summed E-state index contributed by atoms with van der Waals surface area (Å²) in [5, 5.41) is 13.3. The number of carbonyl (C=O) groups is 1. The number of amides is 1. The number of fused-ring (bicyclic) bond motifs is 1. The highest BCUT2D eigenvalue weighted by Crippen LogP contribution is 2.30. The van der Waals surface area contributed by atoms with E-state index in [1.165, 1.54) is 5.56 Å². The Bertz CT molecular complexity index is 753. The molecule has 0 aromatic heterocycles. The van der Waals surface area contributed by atoms with E-state index in [4.69, 9.17) is 4.74 Å². The standard InChI is InChI=1S/C22H26N2O3/c25-20(11-16-7-3-1-4-8-16)22(26)23-18-12-19-15-27-21(14-24(19)13-18)17-9-5-2-6-10-17/h1-10,18-21,25H,11-15H2,(H,23,26)/t18-,19+,20+,21-/m1/s1. The lowest BCUT2D eigenvalue weighted by molar-refractivity contribution is -0.129. The molecule has 0 unspecified atom stereocenters. The van der Waals surface area contributed by atoms with Crippen LogP contribution in [0.15, 0.2) is 60.7 Å². The number of ether oxygens (including phenoxy) is 1. The van der Waals surface area contributed by atoms with E-state index in [1.807, 2.05) is 48.5 Å². The molecule has 2 aliphatic rings. The first-order valence-electron chi connectivity index (χ1n) is 9.62. The van der Waals surface area contributed by atoms with Crippen LogP contribution in [0.4, 0.5) is 0 Å². The van der Waals surface area contributed by atoms with Crippen molar-refractivity contribution >= 4 is 5.91 Å². The fraction of sp³-hybridized carbons (Fsp3) is 0.409. The van der Waals surface area contributed by atoms with Gasteiger partial charge in [-0.3, -0.25) is 9.69 Å². The molecule has 5 heteroatoms. The minimum absolute atomic E-state index is 0.0612.